The van der Waals surface area contributed by atoms with Crippen LogP contribution in [0, 0.1) is 0 Å². The third-order valence-electron chi connectivity index (χ3n) is 13.2. The van der Waals surface area contributed by atoms with Crippen molar-refractivity contribution in [2.75, 3.05) is 13.2 Å². The summed E-state index contributed by atoms with van der Waals surface area (Å²) < 4.78 is 10.7. The molecule has 0 saturated heterocycles. The number of allylic oxidation sites excluding steroid dienone is 14. The molecule has 0 heterocycles. The lowest BCUT2D eigenvalue weighted by Gasteiger charge is -2.15. The number of esters is 2. The van der Waals surface area contributed by atoms with Gasteiger partial charge in [0.2, 0.25) is 0 Å². The van der Waals surface area contributed by atoms with E-state index >= 15 is 0 Å². The van der Waals surface area contributed by atoms with Crippen molar-refractivity contribution in [3.8, 4) is 0 Å². The van der Waals surface area contributed by atoms with Crippen molar-refractivity contribution in [1.82, 2.24) is 0 Å². The van der Waals surface area contributed by atoms with Crippen LogP contribution in [0.3, 0.4) is 0 Å². The SMILES string of the molecule is CC/C=C\C/C=C\C/C=C\C/C=C\CCCCCCCCCCCCC(=O)OC(CO)COC(=O)CCCCCCCCCCCCCCCCCCCC/C=C\C/C=C\C/C=C\CCCCCCC. The van der Waals surface area contributed by atoms with Gasteiger partial charge in [-0.25, -0.2) is 0 Å². The number of carbonyl (C=O) groups excluding carboxylic acids is 2. The summed E-state index contributed by atoms with van der Waals surface area (Å²) in [4.78, 5) is 24.6. The summed E-state index contributed by atoms with van der Waals surface area (Å²) in [6.07, 6.45) is 84.3. The molecule has 0 aliphatic carbocycles. The zero-order valence-electron chi connectivity index (χ0n) is 46.3. The Balaban J connectivity index is 3.46. The lowest BCUT2D eigenvalue weighted by Crippen LogP contribution is -2.28. The van der Waals surface area contributed by atoms with Gasteiger partial charge in [-0.15, -0.1) is 0 Å². The van der Waals surface area contributed by atoms with E-state index in [1.165, 1.54) is 193 Å². The fourth-order valence-corrected chi connectivity index (χ4v) is 8.67. The molecule has 0 spiro atoms. The minimum Gasteiger partial charge on any atom is -0.462 e. The van der Waals surface area contributed by atoms with E-state index in [9.17, 15) is 14.7 Å². The molecule has 0 radical (unpaired) electrons. The molecule has 0 aromatic heterocycles. The molecule has 1 atom stereocenters. The minimum atomic E-state index is -0.778. The highest BCUT2D eigenvalue weighted by Crippen LogP contribution is 2.17. The van der Waals surface area contributed by atoms with Gasteiger partial charge >= 0.3 is 11.9 Å². The molecule has 0 amide bonds. The maximum atomic E-state index is 12.3. The molecule has 1 unspecified atom stereocenters. The molecule has 0 aromatic rings. The van der Waals surface area contributed by atoms with Crippen molar-refractivity contribution in [2.45, 2.75) is 302 Å². The first-order valence-corrected chi connectivity index (χ1v) is 30.1. The molecular formula is C65H114O5. The Morgan fingerprint density at radius 1 is 0.343 bits per heavy atom. The average molecular weight is 976 g/mol. The summed E-state index contributed by atoms with van der Waals surface area (Å²) in [6, 6.07) is 0. The number of carbonyl (C=O) groups is 2. The van der Waals surface area contributed by atoms with Gasteiger partial charge in [0.1, 0.15) is 6.61 Å². The lowest BCUT2D eigenvalue weighted by atomic mass is 10.0. The molecule has 0 aliphatic rings. The van der Waals surface area contributed by atoms with E-state index in [0.717, 1.165) is 77.0 Å². The van der Waals surface area contributed by atoms with E-state index < -0.39 is 6.10 Å². The molecule has 5 nitrogen and oxygen atoms in total. The molecule has 1 N–H and O–H groups in total. The van der Waals surface area contributed by atoms with Crippen molar-refractivity contribution in [3.63, 3.8) is 0 Å². The summed E-state index contributed by atoms with van der Waals surface area (Å²) in [5.41, 5.74) is 0. The molecule has 0 bridgehead atoms. The Hall–Kier alpha value is -2.92. The van der Waals surface area contributed by atoms with Gasteiger partial charge in [-0.2, -0.15) is 0 Å². The highest BCUT2D eigenvalue weighted by Gasteiger charge is 2.16. The topological polar surface area (TPSA) is 72.8 Å². The largest absolute Gasteiger partial charge is 0.462 e. The third kappa shape index (κ3) is 57.7. The van der Waals surface area contributed by atoms with Crippen LogP contribution in [0.2, 0.25) is 0 Å². The van der Waals surface area contributed by atoms with Crippen LogP contribution in [0.5, 0.6) is 0 Å². The Kier molecular flexibility index (Phi) is 57.9. The highest BCUT2D eigenvalue weighted by atomic mass is 16.6. The molecule has 0 aliphatic heterocycles. The molecule has 0 saturated carbocycles. The Morgan fingerprint density at radius 3 is 0.929 bits per heavy atom. The number of aliphatic hydroxyl groups is 1. The van der Waals surface area contributed by atoms with E-state index in [4.69, 9.17) is 9.47 Å². The van der Waals surface area contributed by atoms with Crippen molar-refractivity contribution < 1.29 is 24.2 Å². The summed E-state index contributed by atoms with van der Waals surface area (Å²) in [5, 5.41) is 9.67. The van der Waals surface area contributed by atoms with E-state index in [-0.39, 0.29) is 25.2 Å². The summed E-state index contributed by atoms with van der Waals surface area (Å²) in [5.74, 6) is -0.588. The molecular weight excluding hydrogens is 861 g/mol. The summed E-state index contributed by atoms with van der Waals surface area (Å²) in [7, 11) is 0. The van der Waals surface area contributed by atoms with E-state index in [0.29, 0.717) is 12.8 Å². The van der Waals surface area contributed by atoms with Crippen LogP contribution in [-0.4, -0.2) is 36.4 Å². The van der Waals surface area contributed by atoms with E-state index in [1.807, 2.05) is 0 Å². The number of rotatable bonds is 55. The maximum absolute atomic E-state index is 12.3. The summed E-state index contributed by atoms with van der Waals surface area (Å²) in [6.45, 7) is 4.04. The van der Waals surface area contributed by atoms with Gasteiger partial charge in [0.05, 0.1) is 6.61 Å². The van der Waals surface area contributed by atoms with Crippen molar-refractivity contribution in [3.05, 3.63) is 85.1 Å². The predicted octanol–water partition coefficient (Wildman–Crippen LogP) is 20.5. The normalized spacial score (nSPS) is 12.8. The van der Waals surface area contributed by atoms with Gasteiger partial charge in [-0.05, 0) is 89.9 Å². The Bertz CT molecular complexity index is 1290. The first-order valence-electron chi connectivity index (χ1n) is 30.1. The van der Waals surface area contributed by atoms with Crippen LogP contribution in [0.1, 0.15) is 296 Å². The first-order chi connectivity index (χ1) is 34.6. The third-order valence-corrected chi connectivity index (χ3v) is 13.2. The van der Waals surface area contributed by atoms with Crippen molar-refractivity contribution in [1.29, 1.82) is 0 Å². The molecule has 404 valence electrons. The molecule has 5 heteroatoms. The van der Waals surface area contributed by atoms with Gasteiger partial charge < -0.3 is 14.6 Å². The molecule has 0 fully saturated rings. The second kappa shape index (κ2) is 60.4. The molecule has 70 heavy (non-hydrogen) atoms. The highest BCUT2D eigenvalue weighted by molar-refractivity contribution is 5.70. The fraction of sp³-hybridized carbons (Fsp3) is 0.754. The average Bonchev–Trinajstić information content (AvgIpc) is 3.36. The van der Waals surface area contributed by atoms with Crippen molar-refractivity contribution in [2.24, 2.45) is 0 Å². The van der Waals surface area contributed by atoms with Crippen LogP contribution in [-0.2, 0) is 19.1 Å². The summed E-state index contributed by atoms with van der Waals surface area (Å²) >= 11 is 0. The second-order valence-corrected chi connectivity index (χ2v) is 20.0. The standard InChI is InChI=1S/C65H114O5/c1-3-5-7-9-11-13-15-17-19-21-23-25-27-28-29-30-31-32-33-34-35-36-38-39-41-43-45-47-49-51-53-55-57-59-64(67)69-62-63(61-66)70-65(68)60-58-56-54-52-50-48-46-44-42-40-37-26-24-22-20-18-16-14-12-10-8-6-4-2/h6,8,12,14-15,17-18,20-21,23-24,26-28,63,66H,3-5,7,9-11,13,16,19,22,25,29-62H2,1-2H3/b8-6-,14-12-,17-15-,20-18-,23-21-,26-24-,28-27-. The first kappa shape index (κ1) is 67.1. The molecule has 0 aromatic carbocycles. The number of aliphatic hydroxyl groups excluding tert-OH is 1. The number of hydrogen-bond donors (Lipinski definition) is 1. The lowest BCUT2D eigenvalue weighted by molar-refractivity contribution is -0.161. The number of hydrogen-bond acceptors (Lipinski definition) is 5. The number of unbranched alkanes of at least 4 members (excludes halogenated alkanes) is 33. The van der Waals surface area contributed by atoms with Gasteiger partial charge in [0.25, 0.3) is 0 Å². The van der Waals surface area contributed by atoms with Gasteiger partial charge in [-0.1, -0.05) is 279 Å². The zero-order valence-corrected chi connectivity index (χ0v) is 46.3. The quantitative estimate of drug-likeness (QED) is 0.0373. The van der Waals surface area contributed by atoms with Crippen LogP contribution >= 0.6 is 0 Å². The van der Waals surface area contributed by atoms with Crippen LogP contribution in [0.15, 0.2) is 85.1 Å². The van der Waals surface area contributed by atoms with Crippen LogP contribution in [0.4, 0.5) is 0 Å². The van der Waals surface area contributed by atoms with Gasteiger partial charge in [-0.3, -0.25) is 9.59 Å². The Morgan fingerprint density at radius 2 is 0.614 bits per heavy atom. The van der Waals surface area contributed by atoms with Crippen molar-refractivity contribution >= 4 is 11.9 Å². The minimum absolute atomic E-state index is 0.0684. The van der Waals surface area contributed by atoms with Crippen LogP contribution < -0.4 is 0 Å². The maximum Gasteiger partial charge on any atom is 0.306 e. The Labute approximate surface area is 435 Å². The van der Waals surface area contributed by atoms with E-state index in [1.54, 1.807) is 0 Å². The fourth-order valence-electron chi connectivity index (χ4n) is 8.67. The predicted molar refractivity (Wildman–Crippen MR) is 306 cm³/mol. The van der Waals surface area contributed by atoms with Gasteiger partial charge in [0.15, 0.2) is 6.10 Å². The van der Waals surface area contributed by atoms with Gasteiger partial charge in [0, 0.05) is 12.8 Å². The zero-order chi connectivity index (χ0) is 50.6. The second-order valence-electron chi connectivity index (χ2n) is 20.0. The monoisotopic (exact) mass is 975 g/mol. The molecule has 0 rings (SSSR count). The van der Waals surface area contributed by atoms with E-state index in [2.05, 4.69) is 98.9 Å². The number of ether oxygens (including phenoxy) is 2. The smallest absolute Gasteiger partial charge is 0.306 e. The van der Waals surface area contributed by atoms with Crippen LogP contribution in [0.25, 0.3) is 0 Å².